The fraction of sp³-hybridized carbons (Fsp3) is 0.130. The third-order valence-corrected chi connectivity index (χ3v) is 4.84. The van der Waals surface area contributed by atoms with Gasteiger partial charge in [0, 0.05) is 11.6 Å². The van der Waals surface area contributed by atoms with E-state index in [0.29, 0.717) is 33.5 Å². The Bertz CT molecular complexity index is 1070. The molecule has 3 aromatic rings. The minimum Gasteiger partial charge on any atom is -0.489 e. The van der Waals surface area contributed by atoms with E-state index in [0.717, 1.165) is 11.1 Å². The number of halogens is 2. The highest BCUT2D eigenvalue weighted by molar-refractivity contribution is 6.33. The second-order valence-electron chi connectivity index (χ2n) is 6.63. The molecule has 154 valence electrons. The summed E-state index contributed by atoms with van der Waals surface area (Å²) in [7, 11) is 0. The van der Waals surface area contributed by atoms with Gasteiger partial charge in [-0.2, -0.15) is 0 Å². The molecule has 0 radical (unpaired) electrons. The quantitative estimate of drug-likeness (QED) is 0.505. The Kier molecular flexibility index (Phi) is 7.33. The monoisotopic (exact) mass is 443 g/mol. The predicted molar refractivity (Wildman–Crippen MR) is 116 cm³/mol. The maximum Gasteiger partial charge on any atom is 0.307 e. The van der Waals surface area contributed by atoms with Crippen LogP contribution in [0.5, 0.6) is 5.75 Å². The first kappa shape index (κ1) is 21.7. The van der Waals surface area contributed by atoms with E-state index in [9.17, 15) is 9.59 Å². The topological polar surface area (TPSA) is 75.6 Å². The summed E-state index contributed by atoms with van der Waals surface area (Å²) in [5.74, 6) is -0.748. The molecule has 30 heavy (non-hydrogen) atoms. The Balaban J connectivity index is 1.64. The van der Waals surface area contributed by atoms with Crippen LogP contribution in [0.3, 0.4) is 0 Å². The lowest BCUT2D eigenvalue weighted by molar-refractivity contribution is -0.136. The van der Waals surface area contributed by atoms with E-state index in [1.807, 2.05) is 24.3 Å². The summed E-state index contributed by atoms with van der Waals surface area (Å²) in [6, 6.07) is 19.3. The standard InChI is InChI=1S/C23H19Cl2NO4/c24-18-6-2-5-17(10-18)14-30-19-7-8-21(25)20(12-19)23(29)26-13-16-4-1-3-15(9-16)11-22(27)28/h1-10,12H,11,13-14H2,(H,26,29)(H,27,28). The molecule has 0 atom stereocenters. The van der Waals surface area contributed by atoms with Gasteiger partial charge in [0.05, 0.1) is 17.0 Å². The molecule has 0 unspecified atom stereocenters. The smallest absolute Gasteiger partial charge is 0.307 e. The van der Waals surface area contributed by atoms with Crippen molar-refractivity contribution in [3.05, 3.63) is 99.0 Å². The lowest BCUT2D eigenvalue weighted by atomic mass is 10.1. The zero-order valence-corrected chi connectivity index (χ0v) is 17.4. The van der Waals surface area contributed by atoms with Gasteiger partial charge in [0.15, 0.2) is 0 Å². The number of amides is 1. The van der Waals surface area contributed by atoms with Gasteiger partial charge in [0.25, 0.3) is 5.91 Å². The van der Waals surface area contributed by atoms with Crippen LogP contribution in [0.15, 0.2) is 66.7 Å². The number of carbonyl (C=O) groups excluding carboxylic acids is 1. The number of hydrogen-bond donors (Lipinski definition) is 2. The maximum absolute atomic E-state index is 12.6. The molecular weight excluding hydrogens is 425 g/mol. The first-order valence-corrected chi connectivity index (χ1v) is 9.91. The van der Waals surface area contributed by atoms with E-state index in [4.69, 9.17) is 33.0 Å². The largest absolute Gasteiger partial charge is 0.489 e. The average molecular weight is 444 g/mol. The number of aliphatic carboxylic acids is 1. The maximum atomic E-state index is 12.6. The highest BCUT2D eigenvalue weighted by Gasteiger charge is 2.12. The molecule has 7 heteroatoms. The first-order valence-electron chi connectivity index (χ1n) is 9.15. The summed E-state index contributed by atoms with van der Waals surface area (Å²) in [5, 5.41) is 12.6. The van der Waals surface area contributed by atoms with Crippen LogP contribution < -0.4 is 10.1 Å². The van der Waals surface area contributed by atoms with Crippen LogP contribution in [0.4, 0.5) is 0 Å². The lowest BCUT2D eigenvalue weighted by Crippen LogP contribution is -2.23. The summed E-state index contributed by atoms with van der Waals surface area (Å²) >= 11 is 12.2. The molecule has 2 N–H and O–H groups in total. The van der Waals surface area contributed by atoms with Gasteiger partial charge in [-0.1, -0.05) is 59.6 Å². The fourth-order valence-corrected chi connectivity index (χ4v) is 3.28. The molecule has 1 amide bonds. The molecule has 0 bridgehead atoms. The highest BCUT2D eigenvalue weighted by atomic mass is 35.5. The van der Waals surface area contributed by atoms with Crippen molar-refractivity contribution in [3.8, 4) is 5.75 Å². The summed E-state index contributed by atoms with van der Waals surface area (Å²) in [5.41, 5.74) is 2.67. The molecule has 0 saturated heterocycles. The Hall–Kier alpha value is -3.02. The lowest BCUT2D eigenvalue weighted by Gasteiger charge is -2.11. The normalized spacial score (nSPS) is 10.5. The summed E-state index contributed by atoms with van der Waals surface area (Å²) < 4.78 is 5.76. The Morgan fingerprint density at radius 3 is 2.40 bits per heavy atom. The summed E-state index contributed by atoms with van der Waals surface area (Å²) in [6.45, 7) is 0.551. The first-order chi connectivity index (χ1) is 14.4. The van der Waals surface area contributed by atoms with Crippen LogP contribution in [-0.2, 0) is 24.4 Å². The van der Waals surface area contributed by atoms with E-state index in [-0.39, 0.29) is 18.9 Å². The number of carbonyl (C=O) groups is 2. The van der Waals surface area contributed by atoms with Gasteiger partial charge in [-0.05, 0) is 47.0 Å². The predicted octanol–water partition coefficient (Wildman–Crippen LogP) is 5.13. The highest BCUT2D eigenvalue weighted by Crippen LogP contribution is 2.23. The molecule has 0 aliphatic rings. The van der Waals surface area contributed by atoms with Crippen molar-refractivity contribution in [2.24, 2.45) is 0 Å². The Labute approximate surface area is 184 Å². The number of hydrogen-bond acceptors (Lipinski definition) is 3. The molecule has 0 aliphatic carbocycles. The Morgan fingerprint density at radius 2 is 1.63 bits per heavy atom. The summed E-state index contributed by atoms with van der Waals surface area (Å²) in [4.78, 5) is 23.5. The van der Waals surface area contributed by atoms with E-state index in [2.05, 4.69) is 5.32 Å². The molecule has 0 saturated carbocycles. The van der Waals surface area contributed by atoms with Gasteiger partial charge < -0.3 is 15.2 Å². The van der Waals surface area contributed by atoms with E-state index < -0.39 is 5.97 Å². The minimum absolute atomic E-state index is 0.0698. The number of rotatable bonds is 8. The van der Waals surface area contributed by atoms with Crippen LogP contribution in [0.1, 0.15) is 27.0 Å². The molecule has 3 aromatic carbocycles. The van der Waals surface area contributed by atoms with Crippen molar-refractivity contribution in [1.29, 1.82) is 0 Å². The van der Waals surface area contributed by atoms with E-state index in [1.165, 1.54) is 0 Å². The van der Waals surface area contributed by atoms with Crippen molar-refractivity contribution in [2.45, 2.75) is 19.6 Å². The molecule has 3 rings (SSSR count). The van der Waals surface area contributed by atoms with Gasteiger partial charge in [0.2, 0.25) is 0 Å². The molecule has 0 aromatic heterocycles. The van der Waals surface area contributed by atoms with Gasteiger partial charge in [-0.15, -0.1) is 0 Å². The Morgan fingerprint density at radius 1 is 0.900 bits per heavy atom. The molecule has 0 fully saturated rings. The van der Waals surface area contributed by atoms with Crippen LogP contribution in [-0.4, -0.2) is 17.0 Å². The number of carboxylic acid groups (broad SMARTS) is 1. The summed E-state index contributed by atoms with van der Waals surface area (Å²) in [6.07, 6.45) is -0.0698. The van der Waals surface area contributed by atoms with Gasteiger partial charge in [-0.25, -0.2) is 0 Å². The van der Waals surface area contributed by atoms with E-state index >= 15 is 0 Å². The van der Waals surface area contributed by atoms with Crippen LogP contribution in [0.2, 0.25) is 10.0 Å². The van der Waals surface area contributed by atoms with Gasteiger partial charge >= 0.3 is 5.97 Å². The van der Waals surface area contributed by atoms with Gasteiger partial charge in [0.1, 0.15) is 12.4 Å². The number of carboxylic acids is 1. The van der Waals surface area contributed by atoms with Crippen molar-refractivity contribution in [1.82, 2.24) is 5.32 Å². The molecule has 0 heterocycles. The van der Waals surface area contributed by atoms with E-state index in [1.54, 1.807) is 42.5 Å². The minimum atomic E-state index is -0.905. The molecule has 5 nitrogen and oxygen atoms in total. The van der Waals surface area contributed by atoms with Crippen molar-refractivity contribution >= 4 is 35.1 Å². The third-order valence-electron chi connectivity index (χ3n) is 4.28. The third kappa shape index (κ3) is 6.24. The van der Waals surface area contributed by atoms with Crippen LogP contribution >= 0.6 is 23.2 Å². The zero-order chi connectivity index (χ0) is 21.5. The van der Waals surface area contributed by atoms with Crippen LogP contribution in [0.25, 0.3) is 0 Å². The van der Waals surface area contributed by atoms with Crippen LogP contribution in [0, 0.1) is 0 Å². The number of ether oxygens (including phenoxy) is 1. The molecule has 0 spiro atoms. The fourth-order valence-electron chi connectivity index (χ4n) is 2.86. The van der Waals surface area contributed by atoms with Gasteiger partial charge in [-0.3, -0.25) is 9.59 Å². The molecule has 0 aliphatic heterocycles. The second-order valence-corrected chi connectivity index (χ2v) is 7.48. The zero-order valence-electron chi connectivity index (χ0n) is 15.9. The second kappa shape index (κ2) is 10.1. The molecular formula is C23H19Cl2NO4. The number of nitrogens with one attached hydrogen (secondary N) is 1. The van der Waals surface area contributed by atoms with Crippen molar-refractivity contribution < 1.29 is 19.4 Å². The SMILES string of the molecule is O=C(O)Cc1cccc(CNC(=O)c2cc(OCc3cccc(Cl)c3)ccc2Cl)c1. The van der Waals surface area contributed by atoms with Crippen molar-refractivity contribution in [2.75, 3.05) is 0 Å². The number of benzene rings is 3. The van der Waals surface area contributed by atoms with Crippen molar-refractivity contribution in [3.63, 3.8) is 0 Å². The average Bonchev–Trinajstić information content (AvgIpc) is 2.71.